The van der Waals surface area contributed by atoms with Crippen LogP contribution in [0.15, 0.2) is 18.2 Å². The highest BCUT2D eigenvalue weighted by Gasteiger charge is 2.22. The van der Waals surface area contributed by atoms with Crippen LogP contribution in [0.1, 0.15) is 37.9 Å². The van der Waals surface area contributed by atoms with Gasteiger partial charge in [0, 0.05) is 24.8 Å². The second kappa shape index (κ2) is 5.05. The highest BCUT2D eigenvalue weighted by atomic mass is 19.1. The van der Waals surface area contributed by atoms with E-state index in [1.165, 1.54) is 25.3 Å². The molecule has 2 rings (SSSR count). The number of hydrogen-bond acceptors (Lipinski definition) is 2. The van der Waals surface area contributed by atoms with E-state index in [0.29, 0.717) is 5.56 Å². The van der Waals surface area contributed by atoms with Gasteiger partial charge in [-0.05, 0) is 37.8 Å². The minimum atomic E-state index is -0.768. The topological polar surface area (TPSA) is 23.5 Å². The molecule has 0 amide bonds. The average molecular weight is 237 g/mol. The van der Waals surface area contributed by atoms with E-state index in [2.05, 4.69) is 4.90 Å². The molecule has 0 aliphatic heterocycles. The Kier molecular flexibility index (Phi) is 3.67. The SMILES string of the molecule is C[C@@H](O)c1c(F)cccc1N(C)CC1CCC1. The van der Waals surface area contributed by atoms with E-state index in [-0.39, 0.29) is 5.82 Å². The molecule has 0 saturated heterocycles. The van der Waals surface area contributed by atoms with Crippen LogP contribution in [-0.2, 0) is 0 Å². The van der Waals surface area contributed by atoms with Gasteiger partial charge in [-0.15, -0.1) is 0 Å². The number of anilines is 1. The predicted octanol–water partition coefficient (Wildman–Crippen LogP) is 3.12. The first-order valence-corrected chi connectivity index (χ1v) is 6.27. The van der Waals surface area contributed by atoms with Crippen LogP contribution in [0.5, 0.6) is 0 Å². The van der Waals surface area contributed by atoms with Crippen LogP contribution >= 0.6 is 0 Å². The van der Waals surface area contributed by atoms with Gasteiger partial charge in [0.2, 0.25) is 0 Å². The number of nitrogens with zero attached hydrogens (tertiary/aromatic N) is 1. The highest BCUT2D eigenvalue weighted by Crippen LogP contribution is 2.32. The number of hydrogen-bond donors (Lipinski definition) is 1. The Hall–Kier alpha value is -1.09. The van der Waals surface area contributed by atoms with Crippen LogP contribution in [0.2, 0.25) is 0 Å². The molecule has 94 valence electrons. The Balaban J connectivity index is 2.20. The van der Waals surface area contributed by atoms with Crippen molar-refractivity contribution in [1.82, 2.24) is 0 Å². The van der Waals surface area contributed by atoms with Gasteiger partial charge in [0.1, 0.15) is 5.82 Å². The van der Waals surface area contributed by atoms with E-state index in [0.717, 1.165) is 18.2 Å². The third-order valence-electron chi connectivity index (χ3n) is 3.62. The molecule has 1 aromatic carbocycles. The summed E-state index contributed by atoms with van der Waals surface area (Å²) in [4.78, 5) is 2.06. The molecule has 1 aliphatic rings. The standard InChI is InChI=1S/C14H20FNO/c1-10(17)14-12(15)7-4-8-13(14)16(2)9-11-5-3-6-11/h4,7-8,10-11,17H,3,5-6,9H2,1-2H3/t10-/m1/s1. The van der Waals surface area contributed by atoms with Crippen molar-refractivity contribution in [2.45, 2.75) is 32.3 Å². The number of rotatable bonds is 4. The van der Waals surface area contributed by atoms with Gasteiger partial charge < -0.3 is 10.0 Å². The lowest BCUT2D eigenvalue weighted by molar-refractivity contribution is 0.194. The summed E-state index contributed by atoms with van der Waals surface area (Å²) in [6.45, 7) is 2.56. The summed E-state index contributed by atoms with van der Waals surface area (Å²) in [7, 11) is 1.97. The van der Waals surface area contributed by atoms with Crippen molar-refractivity contribution >= 4 is 5.69 Å². The number of aliphatic hydroxyl groups is 1. The molecule has 0 bridgehead atoms. The minimum Gasteiger partial charge on any atom is -0.389 e. The van der Waals surface area contributed by atoms with Gasteiger partial charge in [0.15, 0.2) is 0 Å². The van der Waals surface area contributed by atoms with Gasteiger partial charge in [-0.25, -0.2) is 4.39 Å². The van der Waals surface area contributed by atoms with E-state index in [1.807, 2.05) is 13.1 Å². The van der Waals surface area contributed by atoms with Crippen molar-refractivity contribution < 1.29 is 9.50 Å². The second-order valence-corrected chi connectivity index (χ2v) is 5.03. The largest absolute Gasteiger partial charge is 0.389 e. The zero-order chi connectivity index (χ0) is 12.4. The average Bonchev–Trinajstić information content (AvgIpc) is 2.22. The second-order valence-electron chi connectivity index (χ2n) is 5.03. The maximum absolute atomic E-state index is 13.7. The van der Waals surface area contributed by atoms with Crippen LogP contribution in [-0.4, -0.2) is 18.7 Å². The normalized spacial score (nSPS) is 17.6. The zero-order valence-corrected chi connectivity index (χ0v) is 10.5. The van der Waals surface area contributed by atoms with Crippen molar-refractivity contribution in [2.75, 3.05) is 18.5 Å². The molecule has 1 fully saturated rings. The summed E-state index contributed by atoms with van der Waals surface area (Å²) >= 11 is 0. The van der Waals surface area contributed by atoms with Crippen LogP contribution in [0.4, 0.5) is 10.1 Å². The van der Waals surface area contributed by atoms with Crippen molar-refractivity contribution in [3.63, 3.8) is 0 Å². The number of aliphatic hydroxyl groups excluding tert-OH is 1. The molecule has 1 atom stereocenters. The van der Waals surface area contributed by atoms with Gasteiger partial charge in [0.05, 0.1) is 6.10 Å². The first-order valence-electron chi connectivity index (χ1n) is 6.27. The maximum atomic E-state index is 13.7. The molecular weight excluding hydrogens is 217 g/mol. The van der Waals surface area contributed by atoms with Crippen molar-refractivity contribution in [3.8, 4) is 0 Å². The monoisotopic (exact) mass is 237 g/mol. The molecule has 1 aromatic rings. The van der Waals surface area contributed by atoms with E-state index in [4.69, 9.17) is 0 Å². The summed E-state index contributed by atoms with van der Waals surface area (Å²) in [6, 6.07) is 4.99. The predicted molar refractivity (Wildman–Crippen MR) is 67.6 cm³/mol. The van der Waals surface area contributed by atoms with Crippen molar-refractivity contribution in [3.05, 3.63) is 29.6 Å². The first-order chi connectivity index (χ1) is 8.09. The molecule has 3 heteroatoms. The molecule has 1 aliphatic carbocycles. The quantitative estimate of drug-likeness (QED) is 0.869. The van der Waals surface area contributed by atoms with Gasteiger partial charge in [-0.1, -0.05) is 12.5 Å². The molecule has 0 radical (unpaired) electrons. The van der Waals surface area contributed by atoms with E-state index in [1.54, 1.807) is 13.0 Å². The van der Waals surface area contributed by atoms with Gasteiger partial charge in [0.25, 0.3) is 0 Å². The number of halogens is 1. The Morgan fingerprint density at radius 2 is 2.18 bits per heavy atom. The van der Waals surface area contributed by atoms with Crippen LogP contribution in [0.3, 0.4) is 0 Å². The minimum absolute atomic E-state index is 0.321. The fourth-order valence-electron chi connectivity index (χ4n) is 2.43. The molecule has 1 saturated carbocycles. The number of benzene rings is 1. The Morgan fingerprint density at radius 1 is 1.47 bits per heavy atom. The summed E-state index contributed by atoms with van der Waals surface area (Å²) < 4.78 is 13.7. The van der Waals surface area contributed by atoms with Gasteiger partial charge >= 0.3 is 0 Å². The lowest BCUT2D eigenvalue weighted by Crippen LogP contribution is -2.30. The van der Waals surface area contributed by atoms with E-state index in [9.17, 15) is 9.50 Å². The zero-order valence-electron chi connectivity index (χ0n) is 10.5. The summed E-state index contributed by atoms with van der Waals surface area (Å²) in [5.74, 6) is 0.406. The van der Waals surface area contributed by atoms with E-state index < -0.39 is 6.10 Å². The summed E-state index contributed by atoms with van der Waals surface area (Å²) in [5, 5.41) is 9.67. The highest BCUT2D eigenvalue weighted by molar-refractivity contribution is 5.54. The summed E-state index contributed by atoms with van der Waals surface area (Å²) in [5.41, 5.74) is 1.22. The lowest BCUT2D eigenvalue weighted by atomic mass is 9.85. The Labute approximate surface area is 102 Å². The molecule has 17 heavy (non-hydrogen) atoms. The third-order valence-corrected chi connectivity index (χ3v) is 3.62. The van der Waals surface area contributed by atoms with E-state index >= 15 is 0 Å². The van der Waals surface area contributed by atoms with Crippen LogP contribution in [0.25, 0.3) is 0 Å². The van der Waals surface area contributed by atoms with Crippen LogP contribution in [0, 0.1) is 11.7 Å². The van der Waals surface area contributed by atoms with Gasteiger partial charge in [-0.3, -0.25) is 0 Å². The molecule has 0 unspecified atom stereocenters. The van der Waals surface area contributed by atoms with Crippen molar-refractivity contribution in [1.29, 1.82) is 0 Å². The molecule has 0 spiro atoms. The van der Waals surface area contributed by atoms with Crippen molar-refractivity contribution in [2.24, 2.45) is 5.92 Å². The maximum Gasteiger partial charge on any atom is 0.131 e. The third kappa shape index (κ3) is 2.60. The Morgan fingerprint density at radius 3 is 2.71 bits per heavy atom. The lowest BCUT2D eigenvalue weighted by Gasteiger charge is -2.32. The van der Waals surface area contributed by atoms with Crippen LogP contribution < -0.4 is 4.90 Å². The molecular formula is C14H20FNO. The molecule has 1 N–H and O–H groups in total. The molecule has 0 aromatic heterocycles. The Bertz CT molecular complexity index is 388. The summed E-state index contributed by atoms with van der Waals surface area (Å²) in [6.07, 6.45) is 3.08. The fraction of sp³-hybridized carbons (Fsp3) is 0.571. The van der Waals surface area contributed by atoms with Gasteiger partial charge in [-0.2, -0.15) is 0 Å². The fourth-order valence-corrected chi connectivity index (χ4v) is 2.43. The molecule has 2 nitrogen and oxygen atoms in total. The first kappa shape index (κ1) is 12.4. The molecule has 0 heterocycles. The smallest absolute Gasteiger partial charge is 0.131 e.